The van der Waals surface area contributed by atoms with Gasteiger partial charge in [0.05, 0.1) is 0 Å². The van der Waals surface area contributed by atoms with E-state index in [-0.39, 0.29) is 0 Å². The van der Waals surface area contributed by atoms with Crippen molar-refractivity contribution in [3.8, 4) is 0 Å². The lowest BCUT2D eigenvalue weighted by molar-refractivity contribution is -0.133. The van der Waals surface area contributed by atoms with Crippen LogP contribution in [0.5, 0.6) is 0 Å². The number of likely N-dealkylation sites (tertiary alicyclic amines) is 1. The number of carbonyl (C=O) groups is 1. The molecule has 2 saturated carbocycles. The third-order valence-corrected chi connectivity index (χ3v) is 5.03. The summed E-state index contributed by atoms with van der Waals surface area (Å²) < 4.78 is 0. The first kappa shape index (κ1) is 10.6. The lowest BCUT2D eigenvalue weighted by Crippen LogP contribution is -2.37. The monoisotopic (exact) mass is 221 g/mol. The van der Waals surface area contributed by atoms with E-state index in [1.165, 1.54) is 44.9 Å². The average molecular weight is 221 g/mol. The maximum absolute atomic E-state index is 12.2. The number of rotatable bonds is 2. The Balaban J connectivity index is 1.52. The summed E-state index contributed by atoms with van der Waals surface area (Å²) in [6.45, 7) is 2.05. The summed E-state index contributed by atoms with van der Waals surface area (Å²) in [6, 6.07) is 0. The first-order chi connectivity index (χ1) is 7.83. The Bertz CT molecular complexity index is 270. The molecule has 0 aromatic carbocycles. The minimum Gasteiger partial charge on any atom is -0.343 e. The van der Waals surface area contributed by atoms with Gasteiger partial charge in [-0.2, -0.15) is 0 Å². The molecule has 2 heteroatoms. The van der Waals surface area contributed by atoms with Crippen LogP contribution in [0.4, 0.5) is 0 Å². The summed E-state index contributed by atoms with van der Waals surface area (Å²) >= 11 is 0. The van der Waals surface area contributed by atoms with E-state index in [0.717, 1.165) is 37.3 Å². The number of piperidine rings is 1. The van der Waals surface area contributed by atoms with Crippen LogP contribution in [0.2, 0.25) is 0 Å². The molecular formula is C14H23NO. The van der Waals surface area contributed by atoms with Gasteiger partial charge in [0.25, 0.3) is 0 Å². The molecule has 3 atom stereocenters. The minimum atomic E-state index is 0.456. The topological polar surface area (TPSA) is 20.3 Å². The van der Waals surface area contributed by atoms with Crippen LogP contribution in [0.15, 0.2) is 0 Å². The molecule has 90 valence electrons. The first-order valence-corrected chi connectivity index (χ1v) is 7.10. The second-order valence-electron chi connectivity index (χ2n) is 6.08. The van der Waals surface area contributed by atoms with Gasteiger partial charge < -0.3 is 4.90 Å². The van der Waals surface area contributed by atoms with Gasteiger partial charge in [-0.25, -0.2) is 0 Å². The Labute approximate surface area is 98.4 Å². The molecule has 16 heavy (non-hydrogen) atoms. The van der Waals surface area contributed by atoms with Crippen molar-refractivity contribution in [1.29, 1.82) is 0 Å². The highest BCUT2D eigenvalue weighted by molar-refractivity contribution is 5.76. The zero-order valence-electron chi connectivity index (χ0n) is 10.2. The van der Waals surface area contributed by atoms with Crippen molar-refractivity contribution >= 4 is 5.91 Å². The van der Waals surface area contributed by atoms with Crippen LogP contribution >= 0.6 is 0 Å². The van der Waals surface area contributed by atoms with Gasteiger partial charge in [-0.3, -0.25) is 4.79 Å². The van der Waals surface area contributed by atoms with Gasteiger partial charge in [-0.05, 0) is 56.3 Å². The zero-order valence-corrected chi connectivity index (χ0v) is 10.2. The molecular weight excluding hydrogens is 198 g/mol. The highest BCUT2D eigenvalue weighted by Gasteiger charge is 2.40. The van der Waals surface area contributed by atoms with Crippen LogP contribution in [0.25, 0.3) is 0 Å². The van der Waals surface area contributed by atoms with Crippen molar-refractivity contribution < 1.29 is 4.79 Å². The van der Waals surface area contributed by atoms with Gasteiger partial charge in [0.1, 0.15) is 0 Å². The van der Waals surface area contributed by atoms with Gasteiger partial charge in [-0.1, -0.05) is 6.42 Å². The van der Waals surface area contributed by atoms with Crippen molar-refractivity contribution in [2.24, 2.45) is 17.8 Å². The lowest BCUT2D eigenvalue weighted by atomic mass is 9.86. The van der Waals surface area contributed by atoms with Gasteiger partial charge >= 0.3 is 0 Å². The van der Waals surface area contributed by atoms with Gasteiger partial charge in [0.15, 0.2) is 0 Å². The molecule has 0 spiro atoms. The van der Waals surface area contributed by atoms with E-state index in [9.17, 15) is 4.79 Å². The molecule has 1 amide bonds. The molecule has 2 nitrogen and oxygen atoms in total. The molecule has 3 aliphatic rings. The smallest absolute Gasteiger partial charge is 0.222 e. The maximum Gasteiger partial charge on any atom is 0.222 e. The summed E-state index contributed by atoms with van der Waals surface area (Å²) in [6.07, 6.45) is 10.3. The minimum absolute atomic E-state index is 0.456. The van der Waals surface area contributed by atoms with Crippen molar-refractivity contribution in [3.63, 3.8) is 0 Å². The van der Waals surface area contributed by atoms with Crippen LogP contribution in [-0.4, -0.2) is 23.9 Å². The normalized spacial score (nSPS) is 38.0. The maximum atomic E-state index is 12.2. The van der Waals surface area contributed by atoms with E-state index in [1.54, 1.807) is 0 Å². The Morgan fingerprint density at radius 2 is 1.88 bits per heavy atom. The Hall–Kier alpha value is -0.530. The van der Waals surface area contributed by atoms with Crippen molar-refractivity contribution in [2.45, 2.75) is 51.4 Å². The molecule has 2 aliphatic carbocycles. The van der Waals surface area contributed by atoms with Crippen LogP contribution in [0, 0.1) is 17.8 Å². The summed E-state index contributed by atoms with van der Waals surface area (Å²) in [7, 11) is 0. The van der Waals surface area contributed by atoms with E-state index in [2.05, 4.69) is 4.90 Å². The van der Waals surface area contributed by atoms with Crippen molar-refractivity contribution in [3.05, 3.63) is 0 Å². The Morgan fingerprint density at radius 1 is 1.06 bits per heavy atom. The van der Waals surface area contributed by atoms with E-state index >= 15 is 0 Å². The largest absolute Gasteiger partial charge is 0.343 e. The highest BCUT2D eigenvalue weighted by Crippen LogP contribution is 2.49. The fourth-order valence-electron chi connectivity index (χ4n) is 4.12. The number of amides is 1. The predicted molar refractivity (Wildman–Crippen MR) is 64.0 cm³/mol. The Kier molecular flexibility index (Phi) is 2.91. The molecule has 0 unspecified atom stereocenters. The summed E-state index contributed by atoms with van der Waals surface area (Å²) in [5, 5.41) is 0. The standard InChI is InChI=1S/C14H23NO/c16-14(15-6-2-1-3-7-15)10-13-9-11-4-5-12(13)8-11/h11-13H,1-10H2/t11-,12-,13+/m1/s1. The van der Waals surface area contributed by atoms with Gasteiger partial charge in [0.2, 0.25) is 5.91 Å². The third kappa shape index (κ3) is 1.99. The molecule has 0 aromatic heterocycles. The first-order valence-electron chi connectivity index (χ1n) is 7.10. The SMILES string of the molecule is O=C(C[C@@H]1C[C@@H]2CC[C@@H]1C2)N1CCCCC1. The number of hydrogen-bond acceptors (Lipinski definition) is 1. The highest BCUT2D eigenvalue weighted by atomic mass is 16.2. The molecule has 3 rings (SSSR count). The van der Waals surface area contributed by atoms with Crippen LogP contribution < -0.4 is 0 Å². The van der Waals surface area contributed by atoms with E-state index in [0.29, 0.717) is 5.91 Å². The number of nitrogens with zero attached hydrogens (tertiary/aromatic N) is 1. The van der Waals surface area contributed by atoms with Crippen LogP contribution in [0.3, 0.4) is 0 Å². The zero-order chi connectivity index (χ0) is 11.0. The van der Waals surface area contributed by atoms with Crippen molar-refractivity contribution in [2.75, 3.05) is 13.1 Å². The lowest BCUT2D eigenvalue weighted by Gasteiger charge is -2.29. The van der Waals surface area contributed by atoms with E-state index in [1.807, 2.05) is 0 Å². The van der Waals surface area contributed by atoms with Crippen LogP contribution in [0.1, 0.15) is 51.4 Å². The average Bonchev–Trinajstić information content (AvgIpc) is 2.92. The summed E-state index contributed by atoms with van der Waals surface area (Å²) in [4.78, 5) is 14.3. The van der Waals surface area contributed by atoms with Gasteiger partial charge in [0, 0.05) is 19.5 Å². The van der Waals surface area contributed by atoms with Crippen molar-refractivity contribution in [1.82, 2.24) is 4.90 Å². The summed E-state index contributed by atoms with van der Waals surface area (Å²) in [5.74, 6) is 3.08. The molecule has 3 fully saturated rings. The van der Waals surface area contributed by atoms with E-state index in [4.69, 9.17) is 0 Å². The molecule has 1 heterocycles. The summed E-state index contributed by atoms with van der Waals surface area (Å²) in [5.41, 5.74) is 0. The third-order valence-electron chi connectivity index (χ3n) is 5.03. The molecule has 0 radical (unpaired) electrons. The molecule has 0 N–H and O–H groups in total. The van der Waals surface area contributed by atoms with E-state index < -0.39 is 0 Å². The second-order valence-corrected chi connectivity index (χ2v) is 6.08. The second kappa shape index (κ2) is 4.38. The predicted octanol–water partition coefficient (Wildman–Crippen LogP) is 2.83. The molecule has 1 saturated heterocycles. The Morgan fingerprint density at radius 3 is 2.50 bits per heavy atom. The van der Waals surface area contributed by atoms with Gasteiger partial charge in [-0.15, -0.1) is 0 Å². The fraction of sp³-hybridized carbons (Fsp3) is 0.929. The number of fused-ring (bicyclic) bond motifs is 2. The fourth-order valence-corrected chi connectivity index (χ4v) is 4.12. The number of carbonyl (C=O) groups excluding carboxylic acids is 1. The van der Waals surface area contributed by atoms with Crippen LogP contribution in [-0.2, 0) is 4.79 Å². The quantitative estimate of drug-likeness (QED) is 0.702. The number of hydrogen-bond donors (Lipinski definition) is 0. The molecule has 2 bridgehead atoms. The molecule has 0 aromatic rings. The molecule has 1 aliphatic heterocycles.